The van der Waals surface area contributed by atoms with Gasteiger partial charge < -0.3 is 5.32 Å². The summed E-state index contributed by atoms with van der Waals surface area (Å²) in [7, 11) is 0. The van der Waals surface area contributed by atoms with Gasteiger partial charge in [-0.3, -0.25) is 4.79 Å². The van der Waals surface area contributed by atoms with Crippen molar-refractivity contribution in [2.24, 2.45) is 5.41 Å². The van der Waals surface area contributed by atoms with Gasteiger partial charge in [-0.15, -0.1) is 16.4 Å². The number of fused-ring (bicyclic) bond motifs is 1. The zero-order valence-electron chi connectivity index (χ0n) is 12.0. The summed E-state index contributed by atoms with van der Waals surface area (Å²) in [5, 5.41) is 10.6. The molecular formula is C14H16N4OS2. The van der Waals surface area contributed by atoms with Crippen molar-refractivity contribution in [3.8, 4) is 0 Å². The Morgan fingerprint density at radius 1 is 1.33 bits per heavy atom. The highest BCUT2D eigenvalue weighted by molar-refractivity contribution is 7.20. The number of anilines is 1. The molecule has 0 aromatic carbocycles. The SMILES string of the molecule is CC(C)(C)[C@H](Nc1nn2c(=O)ccnc2s1)c1cccs1. The highest BCUT2D eigenvalue weighted by Crippen LogP contribution is 2.38. The minimum Gasteiger partial charge on any atom is -0.352 e. The summed E-state index contributed by atoms with van der Waals surface area (Å²) >= 11 is 3.10. The molecule has 3 rings (SSSR count). The predicted octanol–water partition coefficient (Wildman–Crippen LogP) is 3.41. The molecule has 0 aliphatic carbocycles. The first kappa shape index (κ1) is 14.2. The van der Waals surface area contributed by atoms with E-state index in [0.717, 1.165) is 0 Å². The van der Waals surface area contributed by atoms with Gasteiger partial charge in [-0.05, 0) is 16.9 Å². The van der Waals surface area contributed by atoms with Crippen LogP contribution in [0.5, 0.6) is 0 Å². The summed E-state index contributed by atoms with van der Waals surface area (Å²) in [6.07, 6.45) is 1.51. The van der Waals surface area contributed by atoms with E-state index in [4.69, 9.17) is 0 Å². The second-order valence-electron chi connectivity index (χ2n) is 5.84. The van der Waals surface area contributed by atoms with Crippen molar-refractivity contribution >= 4 is 32.8 Å². The maximum atomic E-state index is 11.7. The van der Waals surface area contributed by atoms with Gasteiger partial charge >= 0.3 is 0 Å². The molecule has 5 nitrogen and oxygen atoms in total. The normalized spacial score (nSPS) is 13.5. The lowest BCUT2D eigenvalue weighted by molar-refractivity contribution is 0.351. The lowest BCUT2D eigenvalue weighted by atomic mass is 9.86. The van der Waals surface area contributed by atoms with E-state index in [0.29, 0.717) is 10.1 Å². The maximum Gasteiger partial charge on any atom is 0.275 e. The first-order valence-electron chi connectivity index (χ1n) is 6.60. The molecule has 21 heavy (non-hydrogen) atoms. The Hall–Kier alpha value is -1.73. The van der Waals surface area contributed by atoms with Crippen LogP contribution in [0.3, 0.4) is 0 Å². The molecule has 0 bridgehead atoms. The molecule has 0 unspecified atom stereocenters. The van der Waals surface area contributed by atoms with Crippen molar-refractivity contribution in [3.05, 3.63) is 45.0 Å². The molecular weight excluding hydrogens is 304 g/mol. The Bertz CT molecular complexity index is 798. The quantitative estimate of drug-likeness (QED) is 0.803. The third kappa shape index (κ3) is 2.84. The van der Waals surface area contributed by atoms with Crippen LogP contribution in [0.1, 0.15) is 31.7 Å². The summed E-state index contributed by atoms with van der Waals surface area (Å²) in [5.74, 6) is 0. The highest BCUT2D eigenvalue weighted by Gasteiger charge is 2.28. The average Bonchev–Trinajstić information content (AvgIpc) is 3.04. The van der Waals surface area contributed by atoms with Gasteiger partial charge in [0.25, 0.3) is 5.56 Å². The molecule has 0 saturated carbocycles. The third-order valence-electron chi connectivity index (χ3n) is 3.13. The highest BCUT2D eigenvalue weighted by atomic mass is 32.1. The van der Waals surface area contributed by atoms with Crippen molar-refractivity contribution < 1.29 is 0 Å². The van der Waals surface area contributed by atoms with E-state index in [1.165, 1.54) is 33.0 Å². The Morgan fingerprint density at radius 2 is 2.14 bits per heavy atom. The first-order chi connectivity index (χ1) is 9.95. The Balaban J connectivity index is 1.98. The van der Waals surface area contributed by atoms with Crippen molar-refractivity contribution in [2.75, 3.05) is 5.32 Å². The number of rotatable bonds is 3. The van der Waals surface area contributed by atoms with Gasteiger partial charge in [-0.1, -0.05) is 38.2 Å². The monoisotopic (exact) mass is 320 g/mol. The fourth-order valence-electron chi connectivity index (χ4n) is 2.10. The van der Waals surface area contributed by atoms with Gasteiger partial charge in [0.05, 0.1) is 6.04 Å². The van der Waals surface area contributed by atoms with Gasteiger partial charge in [0.1, 0.15) is 0 Å². The van der Waals surface area contributed by atoms with Crippen molar-refractivity contribution in [2.45, 2.75) is 26.8 Å². The average molecular weight is 320 g/mol. The second kappa shape index (κ2) is 5.23. The largest absolute Gasteiger partial charge is 0.352 e. The number of aromatic nitrogens is 3. The Kier molecular flexibility index (Phi) is 3.54. The fraction of sp³-hybridized carbons (Fsp3) is 0.357. The molecule has 3 heterocycles. The molecule has 1 atom stereocenters. The summed E-state index contributed by atoms with van der Waals surface area (Å²) in [4.78, 5) is 17.8. The lowest BCUT2D eigenvalue weighted by Crippen LogP contribution is -2.25. The zero-order valence-corrected chi connectivity index (χ0v) is 13.7. The third-order valence-corrected chi connectivity index (χ3v) is 4.92. The summed E-state index contributed by atoms with van der Waals surface area (Å²) in [6.45, 7) is 6.55. The Labute approximate surface area is 130 Å². The van der Waals surface area contributed by atoms with Crippen LogP contribution in [0.2, 0.25) is 0 Å². The molecule has 0 amide bonds. The van der Waals surface area contributed by atoms with E-state index in [1.54, 1.807) is 11.3 Å². The van der Waals surface area contributed by atoms with Gasteiger partial charge in [0.2, 0.25) is 10.1 Å². The van der Waals surface area contributed by atoms with E-state index in [9.17, 15) is 4.79 Å². The number of nitrogens with one attached hydrogen (secondary N) is 1. The van der Waals surface area contributed by atoms with E-state index in [-0.39, 0.29) is 17.0 Å². The standard InChI is InChI=1S/C14H16N4OS2/c1-14(2,3)11(9-5-4-8-20-9)16-12-17-18-10(19)6-7-15-13(18)21-12/h4-8,11H,1-3H3,(H,16,17)/t11-/m1/s1. The number of hydrogen-bond acceptors (Lipinski definition) is 6. The van der Waals surface area contributed by atoms with Gasteiger partial charge in [-0.25, -0.2) is 4.98 Å². The van der Waals surface area contributed by atoms with E-state index < -0.39 is 0 Å². The van der Waals surface area contributed by atoms with E-state index in [1.807, 2.05) is 6.07 Å². The minimum absolute atomic E-state index is 0.0289. The van der Waals surface area contributed by atoms with Crippen molar-refractivity contribution in [1.29, 1.82) is 0 Å². The second-order valence-corrected chi connectivity index (χ2v) is 7.78. The number of nitrogens with zero attached hydrogens (tertiary/aromatic N) is 3. The number of hydrogen-bond donors (Lipinski definition) is 1. The molecule has 3 aromatic rings. The number of thiophene rings is 1. The lowest BCUT2D eigenvalue weighted by Gasteiger charge is -2.30. The van der Waals surface area contributed by atoms with Crippen LogP contribution in [0, 0.1) is 5.41 Å². The first-order valence-corrected chi connectivity index (χ1v) is 8.29. The molecule has 0 radical (unpaired) electrons. The van der Waals surface area contributed by atoms with Gasteiger partial charge in [0, 0.05) is 17.1 Å². The van der Waals surface area contributed by atoms with Crippen LogP contribution in [-0.4, -0.2) is 14.6 Å². The zero-order chi connectivity index (χ0) is 15.0. The van der Waals surface area contributed by atoms with Crippen molar-refractivity contribution in [1.82, 2.24) is 14.6 Å². The van der Waals surface area contributed by atoms with Crippen LogP contribution in [0.4, 0.5) is 5.13 Å². The Morgan fingerprint density at radius 3 is 2.76 bits per heavy atom. The van der Waals surface area contributed by atoms with Crippen LogP contribution in [0.25, 0.3) is 4.96 Å². The fourth-order valence-corrected chi connectivity index (χ4v) is 3.92. The van der Waals surface area contributed by atoms with Crippen LogP contribution in [0.15, 0.2) is 34.6 Å². The molecule has 0 spiro atoms. The summed E-state index contributed by atoms with van der Waals surface area (Å²) in [5.41, 5.74) is -0.131. The minimum atomic E-state index is -0.160. The van der Waals surface area contributed by atoms with Gasteiger partial charge in [-0.2, -0.15) is 4.52 Å². The molecule has 0 saturated heterocycles. The molecule has 0 aliphatic heterocycles. The molecule has 3 aromatic heterocycles. The van der Waals surface area contributed by atoms with Crippen LogP contribution >= 0.6 is 22.7 Å². The molecule has 1 N–H and O–H groups in total. The van der Waals surface area contributed by atoms with Gasteiger partial charge in [0.15, 0.2) is 0 Å². The van der Waals surface area contributed by atoms with E-state index >= 15 is 0 Å². The predicted molar refractivity (Wildman–Crippen MR) is 87.3 cm³/mol. The van der Waals surface area contributed by atoms with Crippen LogP contribution < -0.4 is 10.9 Å². The van der Waals surface area contributed by atoms with Crippen LogP contribution in [-0.2, 0) is 0 Å². The maximum absolute atomic E-state index is 11.7. The topological polar surface area (TPSA) is 59.3 Å². The summed E-state index contributed by atoms with van der Waals surface area (Å²) < 4.78 is 1.33. The molecule has 7 heteroatoms. The summed E-state index contributed by atoms with van der Waals surface area (Å²) in [6, 6.07) is 5.71. The molecule has 0 aliphatic rings. The smallest absolute Gasteiger partial charge is 0.275 e. The van der Waals surface area contributed by atoms with Crippen molar-refractivity contribution in [3.63, 3.8) is 0 Å². The van der Waals surface area contributed by atoms with E-state index in [2.05, 4.69) is 47.6 Å². The molecule has 110 valence electrons. The molecule has 0 fully saturated rings.